The van der Waals surface area contributed by atoms with Gasteiger partial charge in [-0.15, -0.1) is 0 Å². The Morgan fingerprint density at radius 1 is 1.65 bits per heavy atom. The Balaban J connectivity index is 2.23. The molecular formula is C13H19N3O4. The highest BCUT2D eigenvalue weighted by Gasteiger charge is 2.26. The lowest BCUT2D eigenvalue weighted by Crippen LogP contribution is -2.47. The summed E-state index contributed by atoms with van der Waals surface area (Å²) >= 11 is 0. The van der Waals surface area contributed by atoms with Gasteiger partial charge >= 0.3 is 0 Å². The third-order valence-electron chi connectivity index (χ3n) is 3.37. The molecule has 1 aliphatic heterocycles. The van der Waals surface area contributed by atoms with Gasteiger partial charge < -0.3 is 14.7 Å². The molecule has 0 bridgehead atoms. The van der Waals surface area contributed by atoms with Gasteiger partial charge in [-0.25, -0.2) is 4.98 Å². The van der Waals surface area contributed by atoms with Crippen LogP contribution in [-0.2, 0) is 4.74 Å². The quantitative estimate of drug-likeness (QED) is 0.660. The fourth-order valence-electron chi connectivity index (χ4n) is 2.44. The number of nitro groups is 1. The van der Waals surface area contributed by atoms with E-state index in [0.717, 1.165) is 0 Å². The van der Waals surface area contributed by atoms with Crippen molar-refractivity contribution in [3.05, 3.63) is 27.9 Å². The zero-order chi connectivity index (χ0) is 14.7. The molecule has 1 saturated heterocycles. The summed E-state index contributed by atoms with van der Waals surface area (Å²) in [4.78, 5) is 16.8. The van der Waals surface area contributed by atoms with Gasteiger partial charge in [0.25, 0.3) is 5.69 Å². The van der Waals surface area contributed by atoms with E-state index in [1.165, 1.54) is 6.07 Å². The number of aliphatic hydroxyl groups excluding tert-OH is 1. The topological polar surface area (TPSA) is 88.7 Å². The van der Waals surface area contributed by atoms with Crippen molar-refractivity contribution in [1.29, 1.82) is 0 Å². The molecule has 1 aliphatic rings. The molecule has 0 aromatic carbocycles. The van der Waals surface area contributed by atoms with E-state index < -0.39 is 11.0 Å². The first-order valence-corrected chi connectivity index (χ1v) is 6.63. The number of aryl methyl sites for hydroxylation is 1. The molecule has 0 radical (unpaired) electrons. The molecule has 1 aromatic rings. The van der Waals surface area contributed by atoms with Gasteiger partial charge in [-0.3, -0.25) is 10.1 Å². The van der Waals surface area contributed by atoms with Gasteiger partial charge in [0, 0.05) is 12.6 Å². The lowest BCUT2D eigenvalue weighted by molar-refractivity contribution is -0.385. The van der Waals surface area contributed by atoms with Crippen LogP contribution in [0.15, 0.2) is 12.1 Å². The van der Waals surface area contributed by atoms with Crippen LogP contribution in [0.5, 0.6) is 0 Å². The number of anilines is 1. The van der Waals surface area contributed by atoms with Crippen molar-refractivity contribution in [3.8, 4) is 0 Å². The maximum Gasteiger partial charge on any atom is 0.290 e. The molecule has 20 heavy (non-hydrogen) atoms. The molecule has 110 valence electrons. The summed E-state index contributed by atoms with van der Waals surface area (Å²) in [6.07, 6.45) is 0.154. The molecule has 2 heterocycles. The lowest BCUT2D eigenvalue weighted by Gasteiger charge is -2.37. The van der Waals surface area contributed by atoms with Crippen LogP contribution in [0.25, 0.3) is 0 Å². The van der Waals surface area contributed by atoms with Gasteiger partial charge in [0.2, 0.25) is 0 Å². The molecule has 0 aliphatic carbocycles. The Bertz CT molecular complexity index is 493. The normalized spacial score (nSPS) is 20.8. The largest absolute Gasteiger partial charge is 0.393 e. The summed E-state index contributed by atoms with van der Waals surface area (Å²) < 4.78 is 5.44. The van der Waals surface area contributed by atoms with Crippen molar-refractivity contribution in [2.45, 2.75) is 32.4 Å². The third-order valence-corrected chi connectivity index (χ3v) is 3.37. The molecule has 2 unspecified atom stereocenters. The maximum absolute atomic E-state index is 10.8. The highest BCUT2D eigenvalue weighted by Crippen LogP contribution is 2.24. The van der Waals surface area contributed by atoms with Crippen LogP contribution >= 0.6 is 0 Å². The Kier molecular flexibility index (Phi) is 4.51. The van der Waals surface area contributed by atoms with Gasteiger partial charge in [-0.2, -0.15) is 0 Å². The fraction of sp³-hybridized carbons (Fsp3) is 0.615. The number of pyridine rings is 1. The van der Waals surface area contributed by atoms with E-state index in [9.17, 15) is 15.2 Å². The first-order chi connectivity index (χ1) is 9.49. The van der Waals surface area contributed by atoms with Crippen LogP contribution in [-0.4, -0.2) is 46.9 Å². The molecule has 7 nitrogen and oxygen atoms in total. The van der Waals surface area contributed by atoms with Crippen LogP contribution in [0.3, 0.4) is 0 Å². The van der Waals surface area contributed by atoms with Crippen LogP contribution in [0, 0.1) is 17.0 Å². The van der Waals surface area contributed by atoms with E-state index in [1.807, 2.05) is 4.90 Å². The lowest BCUT2D eigenvalue weighted by atomic mass is 10.1. The average molecular weight is 281 g/mol. The van der Waals surface area contributed by atoms with Gasteiger partial charge in [0.05, 0.1) is 30.3 Å². The van der Waals surface area contributed by atoms with Gasteiger partial charge in [-0.1, -0.05) is 0 Å². The smallest absolute Gasteiger partial charge is 0.290 e. The van der Waals surface area contributed by atoms with E-state index in [2.05, 4.69) is 4.98 Å². The first kappa shape index (κ1) is 14.7. The van der Waals surface area contributed by atoms with Crippen molar-refractivity contribution in [2.75, 3.05) is 24.7 Å². The zero-order valence-electron chi connectivity index (χ0n) is 11.7. The van der Waals surface area contributed by atoms with Crippen LogP contribution in [0.1, 0.15) is 19.0 Å². The van der Waals surface area contributed by atoms with Gasteiger partial charge in [0.15, 0.2) is 0 Å². The van der Waals surface area contributed by atoms with Gasteiger partial charge in [0.1, 0.15) is 11.5 Å². The number of hydrogen-bond donors (Lipinski definition) is 1. The minimum atomic E-state index is -0.432. The van der Waals surface area contributed by atoms with E-state index >= 15 is 0 Å². The molecule has 0 saturated carbocycles. The SMILES string of the molecule is Cc1nc(N2CCOCC2CC(C)O)ccc1[N+](=O)[O-]. The number of morpholine rings is 1. The standard InChI is InChI=1S/C13H19N3O4/c1-9(17)7-11-8-20-6-5-15(11)13-4-3-12(16(18)19)10(2)14-13/h3-4,9,11,17H,5-8H2,1-2H3. The molecule has 1 aromatic heterocycles. The molecule has 1 fully saturated rings. The molecule has 2 atom stereocenters. The van der Waals surface area contributed by atoms with Crippen molar-refractivity contribution in [3.63, 3.8) is 0 Å². The fourth-order valence-corrected chi connectivity index (χ4v) is 2.44. The highest BCUT2D eigenvalue weighted by molar-refractivity contribution is 5.47. The Morgan fingerprint density at radius 3 is 3.00 bits per heavy atom. The number of hydrogen-bond acceptors (Lipinski definition) is 6. The summed E-state index contributed by atoms with van der Waals surface area (Å²) in [6.45, 7) is 5.16. The Hall–Kier alpha value is -1.73. The minimum Gasteiger partial charge on any atom is -0.393 e. The monoisotopic (exact) mass is 281 g/mol. The van der Waals surface area contributed by atoms with E-state index in [-0.39, 0.29) is 11.7 Å². The second kappa shape index (κ2) is 6.15. The van der Waals surface area contributed by atoms with Crippen LogP contribution in [0.4, 0.5) is 11.5 Å². The number of rotatable bonds is 4. The van der Waals surface area contributed by atoms with Crippen molar-refractivity contribution < 1.29 is 14.8 Å². The van der Waals surface area contributed by atoms with E-state index in [1.54, 1.807) is 19.9 Å². The van der Waals surface area contributed by atoms with Crippen molar-refractivity contribution >= 4 is 11.5 Å². The van der Waals surface area contributed by atoms with Gasteiger partial charge in [-0.05, 0) is 26.3 Å². The summed E-state index contributed by atoms with van der Waals surface area (Å²) in [5.41, 5.74) is 0.420. The Labute approximate surface area is 117 Å². The molecular weight excluding hydrogens is 262 g/mol. The van der Waals surface area contributed by atoms with E-state index in [0.29, 0.717) is 37.7 Å². The van der Waals surface area contributed by atoms with Crippen LogP contribution < -0.4 is 4.90 Å². The first-order valence-electron chi connectivity index (χ1n) is 6.63. The predicted octanol–water partition coefficient (Wildman–Crippen LogP) is 1.27. The van der Waals surface area contributed by atoms with Crippen molar-refractivity contribution in [2.24, 2.45) is 0 Å². The summed E-state index contributed by atoms with van der Waals surface area (Å²) in [7, 11) is 0. The molecule has 0 amide bonds. The number of nitrogens with zero attached hydrogens (tertiary/aromatic N) is 3. The zero-order valence-corrected chi connectivity index (χ0v) is 11.7. The van der Waals surface area contributed by atoms with Crippen molar-refractivity contribution in [1.82, 2.24) is 4.98 Å². The predicted molar refractivity (Wildman–Crippen MR) is 73.9 cm³/mol. The number of aromatic nitrogens is 1. The molecule has 1 N–H and O–H groups in total. The average Bonchev–Trinajstić information content (AvgIpc) is 2.38. The third kappa shape index (κ3) is 3.23. The second-order valence-corrected chi connectivity index (χ2v) is 5.04. The van der Waals surface area contributed by atoms with E-state index in [4.69, 9.17) is 4.74 Å². The molecule has 0 spiro atoms. The summed E-state index contributed by atoms with van der Waals surface area (Å²) in [5.74, 6) is 0.696. The minimum absolute atomic E-state index is 0.0223. The molecule has 7 heteroatoms. The summed E-state index contributed by atoms with van der Waals surface area (Å²) in [5, 5.41) is 20.4. The second-order valence-electron chi connectivity index (χ2n) is 5.04. The Morgan fingerprint density at radius 2 is 2.40 bits per heavy atom. The summed E-state index contributed by atoms with van der Waals surface area (Å²) in [6, 6.07) is 3.18. The highest BCUT2D eigenvalue weighted by atomic mass is 16.6. The van der Waals surface area contributed by atoms with Crippen LogP contribution in [0.2, 0.25) is 0 Å². The number of aliphatic hydroxyl groups is 1. The maximum atomic E-state index is 10.8. The number of ether oxygens (including phenoxy) is 1. The molecule has 2 rings (SSSR count).